The largest absolute Gasteiger partial charge is 0.294 e. The number of carbonyl (C=O) groups excluding carboxylic acids is 1. The Bertz CT molecular complexity index is 897. The van der Waals surface area contributed by atoms with Gasteiger partial charge in [-0.1, -0.05) is 41.9 Å². The number of nitrogens with zero attached hydrogens (tertiary/aromatic N) is 2. The molecule has 1 aliphatic rings. The van der Waals surface area contributed by atoms with Crippen molar-refractivity contribution in [2.24, 2.45) is 0 Å². The summed E-state index contributed by atoms with van der Waals surface area (Å²) >= 11 is 5.99. The second-order valence-electron chi connectivity index (χ2n) is 6.23. The van der Waals surface area contributed by atoms with Gasteiger partial charge in [0.2, 0.25) is 0 Å². The number of carbonyl (C=O) groups is 1. The first-order valence-electron chi connectivity index (χ1n) is 8.06. The maximum atomic E-state index is 12.7. The van der Waals surface area contributed by atoms with Gasteiger partial charge in [0.15, 0.2) is 5.78 Å². The Morgan fingerprint density at radius 3 is 2.46 bits per heavy atom. The number of rotatable bonds is 2. The van der Waals surface area contributed by atoms with Gasteiger partial charge < -0.3 is 0 Å². The molecule has 0 fully saturated rings. The average Bonchev–Trinajstić information content (AvgIpc) is 2.93. The SMILES string of the molecule is Cc1nn(-c2ccccc2)c2c1C(=O)CC(c1ccc(Cl)cc1)C2. The number of hydrogen-bond donors (Lipinski definition) is 0. The predicted octanol–water partition coefficient (Wildman–Crippen LogP) is 4.75. The minimum Gasteiger partial charge on any atom is -0.294 e. The Labute approximate surface area is 145 Å². The summed E-state index contributed by atoms with van der Waals surface area (Å²) in [6.45, 7) is 1.92. The van der Waals surface area contributed by atoms with Crippen LogP contribution in [0, 0.1) is 6.92 Å². The van der Waals surface area contributed by atoms with Crippen molar-refractivity contribution < 1.29 is 4.79 Å². The molecule has 0 N–H and O–H groups in total. The molecular weight excluding hydrogens is 320 g/mol. The van der Waals surface area contributed by atoms with E-state index in [-0.39, 0.29) is 11.7 Å². The number of para-hydroxylation sites is 1. The average molecular weight is 337 g/mol. The van der Waals surface area contributed by atoms with Crippen LogP contribution < -0.4 is 0 Å². The van der Waals surface area contributed by atoms with Gasteiger partial charge in [0, 0.05) is 11.4 Å². The van der Waals surface area contributed by atoms with Crippen LogP contribution in [0.1, 0.15) is 39.6 Å². The number of hydrogen-bond acceptors (Lipinski definition) is 2. The number of fused-ring (bicyclic) bond motifs is 1. The van der Waals surface area contributed by atoms with Gasteiger partial charge in [0.1, 0.15) is 0 Å². The Kier molecular flexibility index (Phi) is 3.73. The van der Waals surface area contributed by atoms with Crippen molar-refractivity contribution in [2.45, 2.75) is 25.7 Å². The molecule has 0 radical (unpaired) electrons. The van der Waals surface area contributed by atoms with E-state index in [1.807, 2.05) is 66.2 Å². The summed E-state index contributed by atoms with van der Waals surface area (Å²) in [5.41, 5.74) is 4.76. The van der Waals surface area contributed by atoms with Crippen LogP contribution in [-0.4, -0.2) is 15.6 Å². The summed E-state index contributed by atoms with van der Waals surface area (Å²) < 4.78 is 1.92. The number of benzene rings is 2. The third-order valence-corrected chi connectivity index (χ3v) is 4.90. The Hall–Kier alpha value is -2.39. The molecule has 3 nitrogen and oxygen atoms in total. The van der Waals surface area contributed by atoms with E-state index in [1.165, 1.54) is 0 Å². The van der Waals surface area contributed by atoms with E-state index >= 15 is 0 Å². The molecule has 4 rings (SSSR count). The molecule has 24 heavy (non-hydrogen) atoms. The van der Waals surface area contributed by atoms with Crippen LogP contribution >= 0.6 is 11.6 Å². The molecule has 1 aromatic heterocycles. The van der Waals surface area contributed by atoms with E-state index < -0.39 is 0 Å². The summed E-state index contributed by atoms with van der Waals surface area (Å²) in [5, 5.41) is 5.34. The number of ketones is 1. The van der Waals surface area contributed by atoms with Gasteiger partial charge in [-0.25, -0.2) is 4.68 Å². The molecule has 4 heteroatoms. The zero-order valence-electron chi connectivity index (χ0n) is 13.4. The van der Waals surface area contributed by atoms with Crippen molar-refractivity contribution in [1.29, 1.82) is 0 Å². The number of Topliss-reactive ketones (excluding diaryl/α,β-unsaturated/α-hetero) is 1. The highest BCUT2D eigenvalue weighted by Gasteiger charge is 2.32. The Morgan fingerprint density at radius 2 is 1.75 bits per heavy atom. The predicted molar refractivity (Wildman–Crippen MR) is 95.1 cm³/mol. The molecule has 0 spiro atoms. The summed E-state index contributed by atoms with van der Waals surface area (Å²) in [6.07, 6.45) is 1.33. The fourth-order valence-electron chi connectivity index (χ4n) is 3.51. The molecule has 1 aliphatic carbocycles. The van der Waals surface area contributed by atoms with Gasteiger partial charge in [-0.3, -0.25) is 4.79 Å². The zero-order valence-corrected chi connectivity index (χ0v) is 14.1. The number of aryl methyl sites for hydroxylation is 1. The summed E-state index contributed by atoms with van der Waals surface area (Å²) in [5.74, 6) is 0.344. The molecule has 0 bridgehead atoms. The van der Waals surface area contributed by atoms with Gasteiger partial charge in [-0.2, -0.15) is 5.10 Å². The van der Waals surface area contributed by atoms with Crippen molar-refractivity contribution in [3.8, 4) is 5.69 Å². The Morgan fingerprint density at radius 1 is 1.04 bits per heavy atom. The second kappa shape index (κ2) is 5.91. The topological polar surface area (TPSA) is 34.9 Å². The van der Waals surface area contributed by atoms with Crippen LogP contribution in [0.15, 0.2) is 54.6 Å². The van der Waals surface area contributed by atoms with Crippen molar-refractivity contribution in [1.82, 2.24) is 9.78 Å². The van der Waals surface area contributed by atoms with Gasteiger partial charge in [0.05, 0.1) is 22.6 Å². The molecule has 0 saturated carbocycles. The van der Waals surface area contributed by atoms with E-state index in [9.17, 15) is 4.79 Å². The zero-order chi connectivity index (χ0) is 16.7. The monoisotopic (exact) mass is 336 g/mol. The van der Waals surface area contributed by atoms with Gasteiger partial charge in [-0.15, -0.1) is 0 Å². The van der Waals surface area contributed by atoms with E-state index in [0.717, 1.165) is 34.6 Å². The molecule has 3 aromatic rings. The number of halogens is 1. The van der Waals surface area contributed by atoms with E-state index in [1.54, 1.807) is 0 Å². The van der Waals surface area contributed by atoms with Crippen LogP contribution in [0.2, 0.25) is 5.02 Å². The molecule has 1 unspecified atom stereocenters. The molecular formula is C20H17ClN2O. The van der Waals surface area contributed by atoms with Crippen LogP contribution in [0.4, 0.5) is 0 Å². The van der Waals surface area contributed by atoms with Crippen molar-refractivity contribution in [3.05, 3.63) is 82.1 Å². The van der Waals surface area contributed by atoms with Crippen LogP contribution in [-0.2, 0) is 6.42 Å². The third kappa shape index (κ3) is 2.55. The highest BCUT2D eigenvalue weighted by atomic mass is 35.5. The molecule has 0 saturated heterocycles. The molecule has 1 heterocycles. The summed E-state index contributed by atoms with van der Waals surface area (Å²) in [7, 11) is 0. The van der Waals surface area contributed by atoms with Crippen molar-refractivity contribution in [2.75, 3.05) is 0 Å². The maximum Gasteiger partial charge on any atom is 0.167 e. The minimum atomic E-state index is 0.167. The highest BCUT2D eigenvalue weighted by Crippen LogP contribution is 2.35. The first kappa shape index (κ1) is 15.2. The quantitative estimate of drug-likeness (QED) is 0.677. The first-order valence-corrected chi connectivity index (χ1v) is 8.44. The van der Waals surface area contributed by atoms with Gasteiger partial charge >= 0.3 is 0 Å². The lowest BCUT2D eigenvalue weighted by Gasteiger charge is -2.23. The van der Waals surface area contributed by atoms with Crippen molar-refractivity contribution >= 4 is 17.4 Å². The molecule has 0 aliphatic heterocycles. The van der Waals surface area contributed by atoms with Gasteiger partial charge in [0.25, 0.3) is 0 Å². The fraction of sp³-hybridized carbons (Fsp3) is 0.200. The maximum absolute atomic E-state index is 12.7. The summed E-state index contributed by atoms with van der Waals surface area (Å²) in [4.78, 5) is 12.7. The van der Waals surface area contributed by atoms with E-state index in [4.69, 9.17) is 11.6 Å². The normalized spacial score (nSPS) is 16.9. The summed E-state index contributed by atoms with van der Waals surface area (Å²) in [6, 6.07) is 17.8. The van der Waals surface area contributed by atoms with Crippen molar-refractivity contribution in [3.63, 3.8) is 0 Å². The van der Waals surface area contributed by atoms with Crippen LogP contribution in [0.5, 0.6) is 0 Å². The van der Waals surface area contributed by atoms with Gasteiger partial charge in [-0.05, 0) is 49.1 Å². The smallest absolute Gasteiger partial charge is 0.167 e. The van der Waals surface area contributed by atoms with Crippen LogP contribution in [0.3, 0.4) is 0 Å². The standard InChI is InChI=1S/C20H17ClN2O/c1-13-20-18(23(22-13)17-5-3-2-4-6-17)11-15(12-19(20)24)14-7-9-16(21)10-8-14/h2-10,15H,11-12H2,1H3. The fourth-order valence-corrected chi connectivity index (χ4v) is 3.64. The molecule has 2 aromatic carbocycles. The highest BCUT2D eigenvalue weighted by molar-refractivity contribution is 6.30. The molecule has 120 valence electrons. The lowest BCUT2D eigenvalue weighted by molar-refractivity contribution is 0.0963. The minimum absolute atomic E-state index is 0.167. The Balaban J connectivity index is 1.79. The molecule has 0 amide bonds. The van der Waals surface area contributed by atoms with E-state index in [0.29, 0.717) is 11.4 Å². The lowest BCUT2D eigenvalue weighted by Crippen LogP contribution is -2.20. The number of aromatic nitrogens is 2. The third-order valence-electron chi connectivity index (χ3n) is 4.65. The first-order chi connectivity index (χ1) is 11.6. The molecule has 1 atom stereocenters. The second-order valence-corrected chi connectivity index (χ2v) is 6.67. The van der Waals surface area contributed by atoms with E-state index in [2.05, 4.69) is 5.10 Å². The lowest BCUT2D eigenvalue weighted by atomic mass is 9.81. The van der Waals surface area contributed by atoms with Crippen LogP contribution in [0.25, 0.3) is 5.69 Å².